The molecule has 2 rings (SSSR count). The van der Waals surface area contributed by atoms with Crippen molar-refractivity contribution >= 4 is 6.91 Å². The quantitative estimate of drug-likeness (QED) is 0.693. The van der Waals surface area contributed by atoms with E-state index in [2.05, 4.69) is 12.1 Å². The first-order valence-electron chi connectivity index (χ1n) is 4.57. The third-order valence-electron chi connectivity index (χ3n) is 2.08. The molecule has 0 aliphatic carbocycles. The Morgan fingerprint density at radius 1 is 0.857 bits per heavy atom. The van der Waals surface area contributed by atoms with Gasteiger partial charge in [-0.25, -0.2) is 0 Å². The number of benzene rings is 1. The van der Waals surface area contributed by atoms with E-state index in [1.165, 1.54) is 0 Å². The minimum atomic E-state index is 0.536. The molecule has 1 aromatic heterocycles. The standard InChI is InChI=1S/C12H10BN/c14-12-9-11(7-4-8-13-12)10-5-2-1-3-6-10/h1-9,14H. The number of hydrogen-bond donors (Lipinski definition) is 1. The van der Waals surface area contributed by atoms with Crippen LogP contribution in [0.15, 0.2) is 54.5 Å². The predicted molar refractivity (Wildman–Crippen MR) is 59.1 cm³/mol. The van der Waals surface area contributed by atoms with Crippen LogP contribution in [0, 0.1) is 5.41 Å². The minimum absolute atomic E-state index is 0.536. The third-order valence-corrected chi connectivity index (χ3v) is 2.08. The second-order valence-corrected chi connectivity index (χ2v) is 3.14. The average Bonchev–Trinajstić information content (AvgIpc) is 2.44. The molecule has 0 aliphatic heterocycles. The Bertz CT molecular complexity index is 480. The van der Waals surface area contributed by atoms with Crippen LogP contribution in [-0.2, 0) is 0 Å². The average molecular weight is 179 g/mol. The maximum absolute atomic E-state index is 7.61. The summed E-state index contributed by atoms with van der Waals surface area (Å²) < 4.78 is 0. The van der Waals surface area contributed by atoms with Gasteiger partial charge in [-0.05, 0) is 0 Å². The van der Waals surface area contributed by atoms with Crippen molar-refractivity contribution < 1.29 is 0 Å². The predicted octanol–water partition coefficient (Wildman–Crippen LogP) is 2.17. The van der Waals surface area contributed by atoms with Crippen LogP contribution >= 0.6 is 0 Å². The Labute approximate surface area is 83.8 Å². The van der Waals surface area contributed by atoms with Gasteiger partial charge in [-0.15, -0.1) is 0 Å². The summed E-state index contributed by atoms with van der Waals surface area (Å²) in [6, 6.07) is 16.0. The van der Waals surface area contributed by atoms with Crippen LogP contribution in [0.2, 0.25) is 0 Å². The van der Waals surface area contributed by atoms with Crippen molar-refractivity contribution in [2.75, 3.05) is 0 Å². The van der Waals surface area contributed by atoms with Gasteiger partial charge in [-0.1, -0.05) is 0 Å². The molecule has 0 spiro atoms. The fourth-order valence-corrected chi connectivity index (χ4v) is 1.39. The molecule has 14 heavy (non-hydrogen) atoms. The van der Waals surface area contributed by atoms with Crippen LogP contribution < -0.4 is 5.25 Å². The van der Waals surface area contributed by atoms with Crippen LogP contribution in [0.4, 0.5) is 0 Å². The van der Waals surface area contributed by atoms with E-state index in [0.29, 0.717) is 5.25 Å². The molecule has 1 N–H and O–H groups in total. The van der Waals surface area contributed by atoms with Crippen LogP contribution in [0.25, 0.3) is 11.1 Å². The van der Waals surface area contributed by atoms with E-state index < -0.39 is 0 Å². The molecule has 1 nitrogen and oxygen atoms in total. The topological polar surface area (TPSA) is 23.9 Å². The van der Waals surface area contributed by atoms with Crippen molar-refractivity contribution in [3.05, 3.63) is 59.7 Å². The van der Waals surface area contributed by atoms with Crippen molar-refractivity contribution in [1.82, 2.24) is 0 Å². The van der Waals surface area contributed by atoms with Gasteiger partial charge >= 0.3 is 83.2 Å². The summed E-state index contributed by atoms with van der Waals surface area (Å²) in [7, 11) is 0. The summed E-state index contributed by atoms with van der Waals surface area (Å²) in [6.45, 7) is 1.78. The maximum atomic E-state index is 7.61. The molecule has 2 heteroatoms. The van der Waals surface area contributed by atoms with Gasteiger partial charge in [-0.2, -0.15) is 0 Å². The van der Waals surface area contributed by atoms with Crippen molar-refractivity contribution in [2.45, 2.75) is 0 Å². The molecule has 0 aliphatic rings. The third kappa shape index (κ3) is 1.97. The van der Waals surface area contributed by atoms with Gasteiger partial charge in [0.05, 0.1) is 0 Å². The first-order chi connectivity index (χ1) is 6.86. The summed E-state index contributed by atoms with van der Waals surface area (Å²) in [5.74, 6) is 1.88. The van der Waals surface area contributed by atoms with Crippen molar-refractivity contribution in [3.8, 4) is 11.1 Å². The number of rotatable bonds is 1. The molecular formula is C12H10BN. The van der Waals surface area contributed by atoms with Crippen LogP contribution in [0.1, 0.15) is 0 Å². The molecule has 66 valence electrons. The molecule has 0 bridgehead atoms. The Kier molecular flexibility index (Phi) is 2.54. The van der Waals surface area contributed by atoms with Gasteiger partial charge in [0.1, 0.15) is 0 Å². The summed E-state index contributed by atoms with van der Waals surface area (Å²) in [6.07, 6.45) is 0. The molecular weight excluding hydrogens is 169 g/mol. The zero-order chi connectivity index (χ0) is 9.80. The Balaban J connectivity index is 2.59. The fraction of sp³-hybridized carbons (Fsp3) is 0. The van der Waals surface area contributed by atoms with E-state index in [0.717, 1.165) is 11.1 Å². The molecule has 0 unspecified atom stereocenters. The Morgan fingerprint density at radius 3 is 2.36 bits per heavy atom. The van der Waals surface area contributed by atoms with Crippen molar-refractivity contribution in [1.29, 1.82) is 5.41 Å². The normalized spacial score (nSPS) is 9.43. The summed E-state index contributed by atoms with van der Waals surface area (Å²) in [5, 5.41) is 8.14. The summed E-state index contributed by atoms with van der Waals surface area (Å²) >= 11 is 0. The molecule has 2 aromatic rings. The molecule has 0 fully saturated rings. The second kappa shape index (κ2) is 4.01. The van der Waals surface area contributed by atoms with Gasteiger partial charge in [-0.3, -0.25) is 0 Å². The van der Waals surface area contributed by atoms with E-state index in [4.69, 9.17) is 5.41 Å². The van der Waals surface area contributed by atoms with E-state index in [-0.39, 0.29) is 0 Å². The number of nitrogens with one attached hydrogen (secondary N) is 1. The molecule has 1 aromatic carbocycles. The van der Waals surface area contributed by atoms with Crippen LogP contribution in [0.3, 0.4) is 0 Å². The van der Waals surface area contributed by atoms with Gasteiger partial charge in [0, 0.05) is 0 Å². The fourth-order valence-electron chi connectivity index (χ4n) is 1.39. The zero-order valence-electron chi connectivity index (χ0n) is 7.77. The Hall–Kier alpha value is -1.70. The molecule has 0 saturated carbocycles. The van der Waals surface area contributed by atoms with Crippen LogP contribution in [0.5, 0.6) is 0 Å². The first-order valence-corrected chi connectivity index (χ1v) is 4.57. The van der Waals surface area contributed by atoms with E-state index in [9.17, 15) is 0 Å². The van der Waals surface area contributed by atoms with Crippen LogP contribution in [-0.4, -0.2) is 6.91 Å². The molecule has 1 heterocycles. The van der Waals surface area contributed by atoms with E-state index in [1.54, 1.807) is 6.91 Å². The SMILES string of the molecule is N=c1bcccc(-c2ccccc2)c1. The second-order valence-electron chi connectivity index (χ2n) is 3.14. The van der Waals surface area contributed by atoms with E-state index in [1.807, 2.05) is 42.4 Å². The van der Waals surface area contributed by atoms with E-state index >= 15 is 0 Å². The Morgan fingerprint density at radius 2 is 1.57 bits per heavy atom. The zero-order valence-corrected chi connectivity index (χ0v) is 7.77. The summed E-state index contributed by atoms with van der Waals surface area (Å²) in [5.41, 5.74) is 2.23. The summed E-state index contributed by atoms with van der Waals surface area (Å²) in [4.78, 5) is 0. The molecule has 0 saturated heterocycles. The molecule has 0 amide bonds. The number of hydrogen-bond acceptors (Lipinski definition) is 1. The van der Waals surface area contributed by atoms with Gasteiger partial charge in [0.15, 0.2) is 0 Å². The van der Waals surface area contributed by atoms with Gasteiger partial charge in [0.2, 0.25) is 0 Å². The first kappa shape index (κ1) is 8.88. The molecule has 0 radical (unpaired) electrons. The monoisotopic (exact) mass is 179 g/mol. The van der Waals surface area contributed by atoms with Crippen molar-refractivity contribution in [3.63, 3.8) is 0 Å². The van der Waals surface area contributed by atoms with Crippen molar-refractivity contribution in [2.24, 2.45) is 0 Å². The molecule has 0 atom stereocenters. The van der Waals surface area contributed by atoms with Gasteiger partial charge in [0.25, 0.3) is 0 Å². The van der Waals surface area contributed by atoms with Gasteiger partial charge < -0.3 is 0 Å².